The van der Waals surface area contributed by atoms with E-state index in [1.807, 2.05) is 6.07 Å². The Morgan fingerprint density at radius 2 is 1.78 bits per heavy atom. The van der Waals surface area contributed by atoms with Gasteiger partial charge in [-0.15, -0.1) is 0 Å². The van der Waals surface area contributed by atoms with Crippen LogP contribution in [0.15, 0.2) is 48.5 Å². The van der Waals surface area contributed by atoms with Gasteiger partial charge in [0.2, 0.25) is 5.91 Å². The van der Waals surface area contributed by atoms with Crippen LogP contribution in [-0.2, 0) is 21.5 Å². The fourth-order valence-electron chi connectivity index (χ4n) is 2.89. The van der Waals surface area contributed by atoms with Crippen molar-refractivity contribution in [3.8, 4) is 0 Å². The van der Waals surface area contributed by atoms with E-state index in [2.05, 4.69) is 5.32 Å². The molecular formula is C18H19Cl2N3O3S. The van der Waals surface area contributed by atoms with Gasteiger partial charge < -0.3 is 5.32 Å². The van der Waals surface area contributed by atoms with Gasteiger partial charge in [0.1, 0.15) is 0 Å². The highest BCUT2D eigenvalue weighted by molar-refractivity contribution is 7.86. The molecule has 27 heavy (non-hydrogen) atoms. The van der Waals surface area contributed by atoms with E-state index in [-0.39, 0.29) is 13.1 Å². The van der Waals surface area contributed by atoms with Crippen molar-refractivity contribution in [1.82, 2.24) is 8.61 Å². The number of amides is 1. The van der Waals surface area contributed by atoms with E-state index in [0.717, 1.165) is 5.56 Å². The predicted octanol–water partition coefficient (Wildman–Crippen LogP) is 3.38. The summed E-state index contributed by atoms with van der Waals surface area (Å²) in [5.74, 6) is -0.434. The predicted molar refractivity (Wildman–Crippen MR) is 107 cm³/mol. The van der Waals surface area contributed by atoms with E-state index in [9.17, 15) is 13.2 Å². The van der Waals surface area contributed by atoms with Gasteiger partial charge in [0.25, 0.3) is 10.2 Å². The molecule has 0 aliphatic carbocycles. The molecule has 0 unspecified atom stereocenters. The molecule has 144 valence electrons. The van der Waals surface area contributed by atoms with Crippen molar-refractivity contribution >= 4 is 45.0 Å². The Bertz CT molecular complexity index is 937. The summed E-state index contributed by atoms with van der Waals surface area (Å²) < 4.78 is 28.3. The van der Waals surface area contributed by atoms with Gasteiger partial charge >= 0.3 is 0 Å². The second kappa shape index (κ2) is 8.58. The van der Waals surface area contributed by atoms with Crippen molar-refractivity contribution in [1.29, 1.82) is 0 Å². The number of nitrogens with one attached hydrogen (secondary N) is 1. The third-order valence-corrected chi connectivity index (χ3v) is 6.68. The van der Waals surface area contributed by atoms with Crippen LogP contribution in [0.3, 0.4) is 0 Å². The van der Waals surface area contributed by atoms with Gasteiger partial charge in [0.05, 0.1) is 17.3 Å². The second-order valence-electron chi connectivity index (χ2n) is 6.19. The average Bonchev–Trinajstić information content (AvgIpc) is 2.61. The minimum atomic E-state index is -3.74. The van der Waals surface area contributed by atoms with Gasteiger partial charge in [0.15, 0.2) is 0 Å². The zero-order valence-corrected chi connectivity index (χ0v) is 16.8. The Kier molecular flexibility index (Phi) is 6.39. The lowest BCUT2D eigenvalue weighted by Crippen LogP contribution is -2.51. The lowest BCUT2D eigenvalue weighted by molar-refractivity contribution is -0.116. The highest BCUT2D eigenvalue weighted by atomic mass is 35.5. The van der Waals surface area contributed by atoms with Gasteiger partial charge in [0, 0.05) is 24.7 Å². The highest BCUT2D eigenvalue weighted by Gasteiger charge is 2.34. The molecular weight excluding hydrogens is 409 g/mol. The molecule has 1 heterocycles. The zero-order chi connectivity index (χ0) is 19.4. The molecule has 3 rings (SSSR count). The molecule has 1 aliphatic heterocycles. The van der Waals surface area contributed by atoms with Crippen LogP contribution < -0.4 is 5.32 Å². The lowest BCUT2D eigenvalue weighted by Gasteiger charge is -2.34. The Hall–Kier alpha value is -1.64. The molecule has 9 heteroatoms. The first-order valence-corrected chi connectivity index (χ1v) is 10.6. The van der Waals surface area contributed by atoms with Gasteiger partial charge in [-0.05, 0) is 36.2 Å². The number of benzene rings is 2. The summed E-state index contributed by atoms with van der Waals surface area (Å²) in [7, 11) is -3.74. The van der Waals surface area contributed by atoms with Crippen LogP contribution in [0.1, 0.15) is 12.0 Å². The van der Waals surface area contributed by atoms with E-state index >= 15 is 0 Å². The van der Waals surface area contributed by atoms with Crippen LogP contribution in [0.25, 0.3) is 0 Å². The number of carbonyl (C=O) groups excluding carboxylic acids is 1. The van der Waals surface area contributed by atoms with E-state index in [0.29, 0.717) is 35.2 Å². The van der Waals surface area contributed by atoms with Crippen molar-refractivity contribution in [2.45, 2.75) is 13.0 Å². The zero-order valence-electron chi connectivity index (χ0n) is 14.4. The number of para-hydroxylation sites is 1. The fraction of sp³-hybridized carbons (Fsp3) is 0.278. The van der Waals surface area contributed by atoms with E-state index in [1.54, 1.807) is 42.5 Å². The summed E-state index contributed by atoms with van der Waals surface area (Å²) in [5, 5.41) is 3.61. The standard InChI is InChI=1S/C18H19Cl2N3O3S/c19-15-6-3-5-14(11-15)12-22-9-4-10-23(27(22,25)26)13-18(24)21-17-8-2-1-7-16(17)20/h1-3,5-8,11H,4,9-10,12-13H2,(H,21,24). The molecule has 2 aromatic rings. The number of halogens is 2. The third kappa shape index (κ3) is 5.00. The number of hydrogen-bond acceptors (Lipinski definition) is 3. The first kappa shape index (κ1) is 20.1. The van der Waals surface area contributed by atoms with Gasteiger partial charge in [-0.3, -0.25) is 4.79 Å². The maximum atomic E-state index is 12.9. The third-order valence-electron chi connectivity index (χ3n) is 4.18. The van der Waals surface area contributed by atoms with Crippen molar-refractivity contribution in [3.05, 3.63) is 64.1 Å². The van der Waals surface area contributed by atoms with Crippen LogP contribution in [0.4, 0.5) is 5.69 Å². The van der Waals surface area contributed by atoms with Crippen molar-refractivity contribution < 1.29 is 13.2 Å². The summed E-state index contributed by atoms with van der Waals surface area (Å²) in [6, 6.07) is 13.9. The molecule has 1 N–H and O–H groups in total. The topological polar surface area (TPSA) is 69.7 Å². The maximum absolute atomic E-state index is 12.9. The molecule has 1 fully saturated rings. The van der Waals surface area contributed by atoms with Crippen LogP contribution in [0, 0.1) is 0 Å². The maximum Gasteiger partial charge on any atom is 0.282 e. The fourth-order valence-corrected chi connectivity index (χ4v) is 4.92. The van der Waals surface area contributed by atoms with Gasteiger partial charge in [-0.2, -0.15) is 17.0 Å². The van der Waals surface area contributed by atoms with Gasteiger partial charge in [-0.25, -0.2) is 0 Å². The van der Waals surface area contributed by atoms with Crippen LogP contribution in [0.2, 0.25) is 10.0 Å². The van der Waals surface area contributed by atoms with Crippen LogP contribution in [0.5, 0.6) is 0 Å². The minimum Gasteiger partial charge on any atom is -0.324 e. The normalized spacial score (nSPS) is 17.6. The number of rotatable bonds is 5. The summed E-state index contributed by atoms with van der Waals surface area (Å²) in [4.78, 5) is 12.3. The van der Waals surface area contributed by atoms with Crippen molar-refractivity contribution in [3.63, 3.8) is 0 Å². The summed E-state index contributed by atoms with van der Waals surface area (Å²) in [6.45, 7) is 0.646. The molecule has 1 aliphatic rings. The molecule has 0 aromatic heterocycles. The van der Waals surface area contributed by atoms with E-state index < -0.39 is 16.1 Å². The quantitative estimate of drug-likeness (QED) is 0.794. The van der Waals surface area contributed by atoms with Crippen molar-refractivity contribution in [2.24, 2.45) is 0 Å². The first-order valence-electron chi connectivity index (χ1n) is 8.40. The number of nitrogens with zero attached hydrogens (tertiary/aromatic N) is 2. The summed E-state index contributed by atoms with van der Waals surface area (Å²) >= 11 is 12.0. The average molecular weight is 428 g/mol. The van der Waals surface area contributed by atoms with Crippen molar-refractivity contribution in [2.75, 3.05) is 25.0 Å². The van der Waals surface area contributed by atoms with Crippen LogP contribution >= 0.6 is 23.2 Å². The van der Waals surface area contributed by atoms with Gasteiger partial charge in [-0.1, -0.05) is 47.5 Å². The van der Waals surface area contributed by atoms with E-state index in [1.165, 1.54) is 8.61 Å². The lowest BCUT2D eigenvalue weighted by atomic mass is 10.2. The number of carbonyl (C=O) groups is 1. The Balaban J connectivity index is 1.68. The largest absolute Gasteiger partial charge is 0.324 e. The minimum absolute atomic E-state index is 0.214. The Morgan fingerprint density at radius 1 is 1.04 bits per heavy atom. The summed E-state index contributed by atoms with van der Waals surface area (Å²) in [6.07, 6.45) is 0.638. The van der Waals surface area contributed by atoms with Crippen LogP contribution in [-0.4, -0.2) is 42.6 Å². The molecule has 2 aromatic carbocycles. The Morgan fingerprint density at radius 3 is 2.52 bits per heavy atom. The highest BCUT2D eigenvalue weighted by Crippen LogP contribution is 2.22. The first-order chi connectivity index (χ1) is 12.9. The second-order valence-corrected chi connectivity index (χ2v) is 8.96. The molecule has 1 amide bonds. The smallest absolute Gasteiger partial charge is 0.282 e. The monoisotopic (exact) mass is 427 g/mol. The molecule has 0 radical (unpaired) electrons. The molecule has 0 saturated carbocycles. The number of hydrogen-bond donors (Lipinski definition) is 1. The SMILES string of the molecule is O=C(CN1CCCN(Cc2cccc(Cl)c2)S1(=O)=O)Nc1ccccc1Cl. The Labute approximate surface area is 168 Å². The molecule has 6 nitrogen and oxygen atoms in total. The number of anilines is 1. The van der Waals surface area contributed by atoms with E-state index in [4.69, 9.17) is 23.2 Å². The molecule has 0 atom stereocenters. The molecule has 0 spiro atoms. The molecule has 1 saturated heterocycles. The summed E-state index contributed by atoms with van der Waals surface area (Å²) in [5.41, 5.74) is 1.25. The molecule has 0 bridgehead atoms.